The van der Waals surface area contributed by atoms with Gasteiger partial charge in [-0.05, 0) is 34.0 Å². The predicted octanol–water partition coefficient (Wildman–Crippen LogP) is 2.92. The first-order chi connectivity index (χ1) is 5.65. The summed E-state index contributed by atoms with van der Waals surface area (Å²) in [4.78, 5) is 10.1. The average Bonchev–Trinajstić information content (AvgIpc) is 2.05. The smallest absolute Gasteiger partial charge is 0.258 e. The van der Waals surface area contributed by atoms with Gasteiger partial charge in [0.05, 0.1) is 9.40 Å². The quantitative estimate of drug-likeness (QED) is 0.579. The molecule has 4 heteroatoms. The van der Waals surface area contributed by atoms with Gasteiger partial charge in [-0.15, -0.1) is 0 Å². The minimum Gasteiger partial charge on any atom is -0.258 e. The Kier molecular flexibility index (Phi) is 2.81. The molecule has 0 heterocycles. The van der Waals surface area contributed by atoms with Crippen LogP contribution in [-0.2, 0) is 6.42 Å². The third kappa shape index (κ3) is 1.82. The molecule has 0 fully saturated rings. The molecule has 0 spiro atoms. The number of aryl methyl sites for hydroxylation is 1. The molecule has 0 aliphatic rings. The molecule has 12 heavy (non-hydrogen) atoms. The zero-order valence-electron chi connectivity index (χ0n) is 6.58. The number of nitro benzene ring substituents is 1. The van der Waals surface area contributed by atoms with Gasteiger partial charge in [0.25, 0.3) is 5.69 Å². The van der Waals surface area contributed by atoms with E-state index in [2.05, 4.69) is 15.9 Å². The van der Waals surface area contributed by atoms with Crippen LogP contribution in [0.2, 0.25) is 0 Å². The molecule has 3 nitrogen and oxygen atoms in total. The SMILES string of the molecule is CCc1ccc(Br)c([N+](=O)[O-])c1. The molecule has 0 radical (unpaired) electrons. The monoisotopic (exact) mass is 229 g/mol. The Bertz CT molecular complexity index is 312. The van der Waals surface area contributed by atoms with E-state index in [0.29, 0.717) is 4.47 Å². The molecule has 0 saturated carbocycles. The van der Waals surface area contributed by atoms with Crippen LogP contribution in [0.25, 0.3) is 0 Å². The summed E-state index contributed by atoms with van der Waals surface area (Å²) in [6.45, 7) is 1.97. The van der Waals surface area contributed by atoms with Crippen molar-refractivity contribution in [2.24, 2.45) is 0 Å². The molecule has 1 aromatic rings. The summed E-state index contributed by atoms with van der Waals surface area (Å²) in [5.41, 5.74) is 1.11. The Labute approximate surface area is 78.7 Å². The Morgan fingerprint density at radius 2 is 2.25 bits per heavy atom. The normalized spacial score (nSPS) is 9.83. The molecule has 1 rings (SSSR count). The van der Waals surface area contributed by atoms with Crippen molar-refractivity contribution in [3.05, 3.63) is 38.3 Å². The Balaban J connectivity index is 3.17. The number of nitro groups is 1. The van der Waals surface area contributed by atoms with E-state index in [1.807, 2.05) is 13.0 Å². The third-order valence-corrected chi connectivity index (χ3v) is 2.29. The van der Waals surface area contributed by atoms with Gasteiger partial charge in [0.15, 0.2) is 0 Å². The second-order valence-electron chi connectivity index (χ2n) is 2.40. The van der Waals surface area contributed by atoms with Crippen LogP contribution >= 0.6 is 15.9 Å². The van der Waals surface area contributed by atoms with Crippen LogP contribution in [0, 0.1) is 10.1 Å². The average molecular weight is 230 g/mol. The lowest BCUT2D eigenvalue weighted by Crippen LogP contribution is -1.90. The molecular formula is C8H8BrNO2. The first kappa shape index (κ1) is 9.19. The molecule has 0 N–H and O–H groups in total. The number of nitrogens with zero attached hydrogens (tertiary/aromatic N) is 1. The van der Waals surface area contributed by atoms with E-state index in [1.165, 1.54) is 0 Å². The number of benzene rings is 1. The molecule has 1 aromatic carbocycles. The lowest BCUT2D eigenvalue weighted by atomic mass is 10.1. The highest BCUT2D eigenvalue weighted by atomic mass is 79.9. The van der Waals surface area contributed by atoms with E-state index in [9.17, 15) is 10.1 Å². The molecular weight excluding hydrogens is 222 g/mol. The lowest BCUT2D eigenvalue weighted by Gasteiger charge is -1.97. The highest BCUT2D eigenvalue weighted by Crippen LogP contribution is 2.25. The van der Waals surface area contributed by atoms with E-state index in [-0.39, 0.29) is 10.6 Å². The number of halogens is 1. The second-order valence-corrected chi connectivity index (χ2v) is 3.25. The maximum Gasteiger partial charge on any atom is 0.283 e. The highest BCUT2D eigenvalue weighted by molar-refractivity contribution is 9.10. The third-order valence-electron chi connectivity index (χ3n) is 1.62. The molecule has 64 valence electrons. The predicted molar refractivity (Wildman–Crippen MR) is 50.2 cm³/mol. The van der Waals surface area contributed by atoms with Crippen molar-refractivity contribution in [1.29, 1.82) is 0 Å². The minimum atomic E-state index is -0.386. The first-order valence-electron chi connectivity index (χ1n) is 3.58. The van der Waals surface area contributed by atoms with E-state index >= 15 is 0 Å². The fourth-order valence-electron chi connectivity index (χ4n) is 0.918. The Morgan fingerprint density at radius 3 is 2.75 bits per heavy atom. The van der Waals surface area contributed by atoms with E-state index in [0.717, 1.165) is 12.0 Å². The number of hydrogen-bond acceptors (Lipinski definition) is 2. The zero-order chi connectivity index (χ0) is 9.14. The van der Waals surface area contributed by atoms with Crippen molar-refractivity contribution >= 4 is 21.6 Å². The van der Waals surface area contributed by atoms with Crippen LogP contribution in [0.3, 0.4) is 0 Å². The second kappa shape index (κ2) is 3.67. The molecule has 0 amide bonds. The summed E-state index contributed by atoms with van der Waals surface area (Å²) in [7, 11) is 0. The van der Waals surface area contributed by atoms with Crippen LogP contribution in [0.4, 0.5) is 5.69 Å². The molecule has 0 atom stereocenters. The fourth-order valence-corrected chi connectivity index (χ4v) is 1.31. The largest absolute Gasteiger partial charge is 0.283 e. The van der Waals surface area contributed by atoms with Gasteiger partial charge in [-0.3, -0.25) is 10.1 Å². The van der Waals surface area contributed by atoms with Gasteiger partial charge in [0.1, 0.15) is 0 Å². The van der Waals surface area contributed by atoms with E-state index in [1.54, 1.807) is 12.1 Å². The van der Waals surface area contributed by atoms with Gasteiger partial charge in [-0.2, -0.15) is 0 Å². The van der Waals surface area contributed by atoms with Gasteiger partial charge in [0, 0.05) is 6.07 Å². The van der Waals surface area contributed by atoms with Gasteiger partial charge >= 0.3 is 0 Å². The van der Waals surface area contributed by atoms with E-state index < -0.39 is 0 Å². The van der Waals surface area contributed by atoms with Gasteiger partial charge < -0.3 is 0 Å². The Morgan fingerprint density at radius 1 is 1.58 bits per heavy atom. The lowest BCUT2D eigenvalue weighted by molar-refractivity contribution is -0.385. The summed E-state index contributed by atoms with van der Waals surface area (Å²) >= 11 is 3.12. The summed E-state index contributed by atoms with van der Waals surface area (Å²) in [6, 6.07) is 5.16. The minimum absolute atomic E-state index is 0.134. The van der Waals surface area contributed by atoms with Crippen molar-refractivity contribution in [3.63, 3.8) is 0 Å². The Hall–Kier alpha value is -0.900. The van der Waals surface area contributed by atoms with Gasteiger partial charge in [0.2, 0.25) is 0 Å². The van der Waals surface area contributed by atoms with E-state index in [4.69, 9.17) is 0 Å². The molecule has 0 aliphatic carbocycles. The first-order valence-corrected chi connectivity index (χ1v) is 4.37. The summed E-state index contributed by atoms with van der Waals surface area (Å²) < 4.78 is 0.532. The van der Waals surface area contributed by atoms with Crippen LogP contribution in [-0.4, -0.2) is 4.92 Å². The van der Waals surface area contributed by atoms with Gasteiger partial charge in [-0.1, -0.05) is 13.0 Å². The highest BCUT2D eigenvalue weighted by Gasteiger charge is 2.10. The zero-order valence-corrected chi connectivity index (χ0v) is 8.17. The molecule has 0 bridgehead atoms. The summed E-state index contributed by atoms with van der Waals surface area (Å²) in [5, 5.41) is 10.5. The van der Waals surface area contributed by atoms with Crippen molar-refractivity contribution in [3.8, 4) is 0 Å². The van der Waals surface area contributed by atoms with Crippen LogP contribution < -0.4 is 0 Å². The maximum absolute atomic E-state index is 10.5. The van der Waals surface area contributed by atoms with Crippen molar-refractivity contribution in [2.45, 2.75) is 13.3 Å². The standard InChI is InChI=1S/C8H8BrNO2/c1-2-6-3-4-7(9)8(5-6)10(11)12/h3-5H,2H2,1H3. The van der Waals surface area contributed by atoms with Crippen molar-refractivity contribution < 1.29 is 4.92 Å². The fraction of sp³-hybridized carbons (Fsp3) is 0.250. The van der Waals surface area contributed by atoms with Crippen molar-refractivity contribution in [1.82, 2.24) is 0 Å². The summed E-state index contributed by atoms with van der Waals surface area (Å²) in [6.07, 6.45) is 0.814. The van der Waals surface area contributed by atoms with Gasteiger partial charge in [-0.25, -0.2) is 0 Å². The summed E-state index contributed by atoms with van der Waals surface area (Å²) in [5.74, 6) is 0. The molecule has 0 unspecified atom stereocenters. The van der Waals surface area contributed by atoms with Crippen LogP contribution in [0.15, 0.2) is 22.7 Å². The number of rotatable bonds is 2. The van der Waals surface area contributed by atoms with Crippen molar-refractivity contribution in [2.75, 3.05) is 0 Å². The van der Waals surface area contributed by atoms with Crippen LogP contribution in [0.5, 0.6) is 0 Å². The topological polar surface area (TPSA) is 43.1 Å². The molecule has 0 saturated heterocycles. The molecule has 0 aromatic heterocycles. The maximum atomic E-state index is 10.5. The molecule has 0 aliphatic heterocycles. The van der Waals surface area contributed by atoms with Crippen LogP contribution in [0.1, 0.15) is 12.5 Å². The number of hydrogen-bond donors (Lipinski definition) is 0.